The second kappa shape index (κ2) is 5.04. The number of rotatable bonds is 5. The molecule has 0 radical (unpaired) electrons. The Morgan fingerprint density at radius 1 is 1.25 bits per heavy atom. The van der Waals surface area contributed by atoms with Crippen molar-refractivity contribution in [2.75, 3.05) is 6.61 Å². The molecule has 0 amide bonds. The first-order valence-corrected chi connectivity index (χ1v) is 4.06. The molecule has 0 N–H and O–H groups in total. The molecule has 0 fully saturated rings. The maximum absolute atomic E-state index is 10.9. The third-order valence-corrected chi connectivity index (χ3v) is 1.89. The summed E-state index contributed by atoms with van der Waals surface area (Å²) in [5, 5.41) is 0. The lowest BCUT2D eigenvalue weighted by Gasteiger charge is -2.16. The van der Waals surface area contributed by atoms with Gasteiger partial charge in [0.2, 0.25) is 0 Å². The molecule has 12 heavy (non-hydrogen) atoms. The van der Waals surface area contributed by atoms with Crippen molar-refractivity contribution in [3.8, 4) is 0 Å². The molecule has 0 aliphatic rings. The Morgan fingerprint density at radius 2 is 1.75 bits per heavy atom. The first-order valence-electron chi connectivity index (χ1n) is 4.06. The molecule has 0 bridgehead atoms. The minimum absolute atomic E-state index is 0.0161. The van der Waals surface area contributed by atoms with Crippen molar-refractivity contribution in [2.45, 2.75) is 33.8 Å². The van der Waals surface area contributed by atoms with E-state index in [1.807, 2.05) is 0 Å². The van der Waals surface area contributed by atoms with Gasteiger partial charge in [-0.2, -0.15) is 0 Å². The molecule has 0 spiro atoms. The lowest BCUT2D eigenvalue weighted by atomic mass is 10.0. The number of ether oxygens (including phenoxy) is 1. The molecular weight excluding hydrogens is 156 g/mol. The minimum Gasteiger partial charge on any atom is -0.370 e. The highest BCUT2D eigenvalue weighted by Gasteiger charge is 2.17. The SMILES string of the molecule is CC(=O)COC(C)C(C)C(C)=O. The summed E-state index contributed by atoms with van der Waals surface area (Å²) in [4.78, 5) is 21.4. The van der Waals surface area contributed by atoms with Crippen LogP contribution >= 0.6 is 0 Å². The molecule has 0 aliphatic heterocycles. The van der Waals surface area contributed by atoms with E-state index in [1.54, 1.807) is 13.8 Å². The monoisotopic (exact) mass is 172 g/mol. The van der Waals surface area contributed by atoms with Crippen molar-refractivity contribution in [2.24, 2.45) is 5.92 Å². The summed E-state index contributed by atoms with van der Waals surface area (Å²) >= 11 is 0. The lowest BCUT2D eigenvalue weighted by molar-refractivity contribution is -0.130. The highest BCUT2D eigenvalue weighted by atomic mass is 16.5. The summed E-state index contributed by atoms with van der Waals surface area (Å²) in [6.45, 7) is 6.68. The van der Waals surface area contributed by atoms with Gasteiger partial charge in [0, 0.05) is 5.92 Å². The van der Waals surface area contributed by atoms with Crippen LogP contribution in [0.4, 0.5) is 0 Å². The maximum atomic E-state index is 10.9. The van der Waals surface area contributed by atoms with Crippen LogP contribution in [0.5, 0.6) is 0 Å². The van der Waals surface area contributed by atoms with Crippen LogP contribution in [0.1, 0.15) is 27.7 Å². The van der Waals surface area contributed by atoms with E-state index in [-0.39, 0.29) is 30.2 Å². The van der Waals surface area contributed by atoms with Crippen molar-refractivity contribution in [1.29, 1.82) is 0 Å². The van der Waals surface area contributed by atoms with E-state index in [2.05, 4.69) is 0 Å². The molecule has 2 atom stereocenters. The van der Waals surface area contributed by atoms with Crippen LogP contribution in [0.15, 0.2) is 0 Å². The second-order valence-corrected chi connectivity index (χ2v) is 3.12. The zero-order chi connectivity index (χ0) is 9.72. The molecule has 70 valence electrons. The Balaban J connectivity index is 3.79. The Bertz CT molecular complexity index is 175. The van der Waals surface area contributed by atoms with Gasteiger partial charge in [-0.05, 0) is 20.8 Å². The van der Waals surface area contributed by atoms with Crippen LogP contribution in [0, 0.1) is 5.92 Å². The van der Waals surface area contributed by atoms with E-state index < -0.39 is 0 Å². The molecule has 0 aromatic rings. The van der Waals surface area contributed by atoms with Crippen LogP contribution in [0.3, 0.4) is 0 Å². The van der Waals surface area contributed by atoms with Gasteiger partial charge in [-0.1, -0.05) is 6.92 Å². The fourth-order valence-corrected chi connectivity index (χ4v) is 0.724. The first-order chi connectivity index (χ1) is 5.45. The molecule has 0 aliphatic carbocycles. The number of carbonyl (C=O) groups is 2. The van der Waals surface area contributed by atoms with E-state index in [1.165, 1.54) is 13.8 Å². The smallest absolute Gasteiger partial charge is 0.155 e. The number of hydrogen-bond donors (Lipinski definition) is 0. The summed E-state index contributed by atoms with van der Waals surface area (Å²) in [6.07, 6.45) is -0.175. The van der Waals surface area contributed by atoms with Gasteiger partial charge in [-0.3, -0.25) is 9.59 Å². The van der Waals surface area contributed by atoms with Gasteiger partial charge in [0.15, 0.2) is 5.78 Å². The topological polar surface area (TPSA) is 43.4 Å². The molecule has 0 heterocycles. The molecule has 0 aromatic heterocycles. The normalized spacial score (nSPS) is 15.3. The fourth-order valence-electron chi connectivity index (χ4n) is 0.724. The number of carbonyl (C=O) groups excluding carboxylic acids is 2. The number of hydrogen-bond acceptors (Lipinski definition) is 3. The van der Waals surface area contributed by atoms with Crippen molar-refractivity contribution >= 4 is 11.6 Å². The van der Waals surface area contributed by atoms with Crippen LogP contribution < -0.4 is 0 Å². The zero-order valence-electron chi connectivity index (χ0n) is 8.09. The van der Waals surface area contributed by atoms with Crippen LogP contribution in [0.25, 0.3) is 0 Å². The highest BCUT2D eigenvalue weighted by molar-refractivity contribution is 5.79. The third kappa shape index (κ3) is 4.23. The van der Waals surface area contributed by atoms with Gasteiger partial charge in [-0.15, -0.1) is 0 Å². The van der Waals surface area contributed by atoms with E-state index in [0.717, 1.165) is 0 Å². The summed E-state index contributed by atoms with van der Waals surface area (Å²) in [6, 6.07) is 0. The van der Waals surface area contributed by atoms with Crippen molar-refractivity contribution in [3.63, 3.8) is 0 Å². The Kier molecular flexibility index (Phi) is 4.74. The average molecular weight is 172 g/mol. The molecule has 0 aromatic carbocycles. The van der Waals surface area contributed by atoms with Gasteiger partial charge < -0.3 is 4.74 Å². The zero-order valence-corrected chi connectivity index (χ0v) is 8.09. The molecule has 3 heteroatoms. The fraction of sp³-hybridized carbons (Fsp3) is 0.778. The maximum Gasteiger partial charge on any atom is 0.155 e. The van der Waals surface area contributed by atoms with Gasteiger partial charge in [0.05, 0.1) is 6.10 Å². The van der Waals surface area contributed by atoms with E-state index in [0.29, 0.717) is 0 Å². The van der Waals surface area contributed by atoms with Crippen molar-refractivity contribution in [3.05, 3.63) is 0 Å². The molecule has 3 nitrogen and oxygen atoms in total. The summed E-state index contributed by atoms with van der Waals surface area (Å²) in [7, 11) is 0. The van der Waals surface area contributed by atoms with Crippen LogP contribution in [-0.4, -0.2) is 24.3 Å². The second-order valence-electron chi connectivity index (χ2n) is 3.12. The van der Waals surface area contributed by atoms with Crippen LogP contribution in [0.2, 0.25) is 0 Å². The number of ketones is 2. The third-order valence-electron chi connectivity index (χ3n) is 1.89. The molecule has 0 saturated heterocycles. The predicted molar refractivity (Wildman–Crippen MR) is 45.9 cm³/mol. The molecular formula is C9H16O3. The Hall–Kier alpha value is -0.700. The van der Waals surface area contributed by atoms with E-state index in [4.69, 9.17) is 4.74 Å². The minimum atomic E-state index is -0.175. The van der Waals surface area contributed by atoms with Gasteiger partial charge in [0.25, 0.3) is 0 Å². The molecule has 0 rings (SSSR count). The predicted octanol–water partition coefficient (Wildman–Crippen LogP) is 1.21. The summed E-state index contributed by atoms with van der Waals surface area (Å²) in [5.74, 6) is -0.0620. The van der Waals surface area contributed by atoms with E-state index >= 15 is 0 Å². The summed E-state index contributed by atoms with van der Waals surface area (Å²) in [5.41, 5.74) is 0. The standard InChI is InChI=1S/C9H16O3/c1-6(10)5-12-9(4)7(2)8(3)11/h7,9H,5H2,1-4H3. The Labute approximate surface area is 73.1 Å². The average Bonchev–Trinajstić information content (AvgIpc) is 1.98. The van der Waals surface area contributed by atoms with Gasteiger partial charge in [0.1, 0.15) is 12.4 Å². The van der Waals surface area contributed by atoms with Crippen LogP contribution in [-0.2, 0) is 14.3 Å². The first kappa shape index (κ1) is 11.3. The quantitative estimate of drug-likeness (QED) is 0.626. The van der Waals surface area contributed by atoms with Gasteiger partial charge in [-0.25, -0.2) is 0 Å². The number of Topliss-reactive ketones (excluding diaryl/α,β-unsaturated/α-hetero) is 2. The largest absolute Gasteiger partial charge is 0.370 e. The lowest BCUT2D eigenvalue weighted by Crippen LogP contribution is -2.25. The van der Waals surface area contributed by atoms with Crippen molar-refractivity contribution in [1.82, 2.24) is 0 Å². The van der Waals surface area contributed by atoms with Gasteiger partial charge >= 0.3 is 0 Å². The Morgan fingerprint density at radius 3 is 2.08 bits per heavy atom. The highest BCUT2D eigenvalue weighted by Crippen LogP contribution is 2.07. The summed E-state index contributed by atoms with van der Waals surface area (Å²) < 4.78 is 5.16. The van der Waals surface area contributed by atoms with Crippen molar-refractivity contribution < 1.29 is 14.3 Å². The molecule has 2 unspecified atom stereocenters. The molecule has 0 saturated carbocycles. The van der Waals surface area contributed by atoms with E-state index in [9.17, 15) is 9.59 Å².